The summed E-state index contributed by atoms with van der Waals surface area (Å²) < 4.78 is 39.4. The second-order valence-electron chi connectivity index (χ2n) is 7.23. The van der Waals surface area contributed by atoms with Crippen LogP contribution in [0, 0.1) is 13.8 Å². The average Bonchev–Trinajstić information content (AvgIpc) is 3.13. The summed E-state index contributed by atoms with van der Waals surface area (Å²) in [5.74, 6) is 1.55. The van der Waals surface area contributed by atoms with E-state index in [4.69, 9.17) is 9.47 Å². The van der Waals surface area contributed by atoms with E-state index in [0.29, 0.717) is 31.1 Å². The van der Waals surface area contributed by atoms with Gasteiger partial charge in [0, 0.05) is 37.2 Å². The maximum Gasteiger partial charge on any atom is 0.243 e. The normalized spacial score (nSPS) is 17.8. The monoisotopic (exact) mass is 466 g/mol. The van der Waals surface area contributed by atoms with E-state index in [9.17, 15) is 8.42 Å². The zero-order chi connectivity index (χ0) is 19.9. The lowest BCUT2D eigenvalue weighted by Crippen LogP contribution is -2.48. The minimum absolute atomic E-state index is 0.268. The Bertz CT molecular complexity index is 1000. The van der Waals surface area contributed by atoms with Gasteiger partial charge in [0.2, 0.25) is 16.8 Å². The first-order valence-corrected chi connectivity index (χ1v) is 11.5. The van der Waals surface area contributed by atoms with Gasteiger partial charge in [0.05, 0.1) is 4.90 Å². The van der Waals surface area contributed by atoms with Crippen LogP contribution in [0.25, 0.3) is 0 Å². The van der Waals surface area contributed by atoms with Crippen molar-refractivity contribution in [2.75, 3.05) is 33.0 Å². The molecule has 0 aromatic heterocycles. The van der Waals surface area contributed by atoms with Crippen molar-refractivity contribution in [1.82, 2.24) is 9.21 Å². The van der Waals surface area contributed by atoms with Gasteiger partial charge in [-0.05, 0) is 48.7 Å². The SMILES string of the molecule is Cc1cc(C)c(S(=O)(=O)N2CCN(Cc3ccc4c(c3)OCO4)CC2)cc1Br. The summed E-state index contributed by atoms with van der Waals surface area (Å²) in [6.07, 6.45) is 0. The summed E-state index contributed by atoms with van der Waals surface area (Å²) in [6.45, 7) is 7.20. The van der Waals surface area contributed by atoms with Gasteiger partial charge in [-0.3, -0.25) is 4.90 Å². The summed E-state index contributed by atoms with van der Waals surface area (Å²) in [4.78, 5) is 2.65. The predicted octanol–water partition coefficient (Wildman–Crippen LogP) is 3.30. The number of halogens is 1. The fourth-order valence-corrected chi connectivity index (χ4v) is 5.80. The zero-order valence-electron chi connectivity index (χ0n) is 15.9. The van der Waals surface area contributed by atoms with E-state index >= 15 is 0 Å². The van der Waals surface area contributed by atoms with E-state index in [0.717, 1.165) is 39.2 Å². The average molecular weight is 467 g/mol. The molecule has 0 aliphatic carbocycles. The highest BCUT2D eigenvalue weighted by molar-refractivity contribution is 9.10. The number of nitrogens with zero attached hydrogens (tertiary/aromatic N) is 2. The molecule has 2 heterocycles. The lowest BCUT2D eigenvalue weighted by molar-refractivity contribution is 0.173. The summed E-state index contributed by atoms with van der Waals surface area (Å²) >= 11 is 3.45. The molecule has 0 saturated carbocycles. The van der Waals surface area contributed by atoms with Gasteiger partial charge < -0.3 is 9.47 Å². The van der Waals surface area contributed by atoms with Gasteiger partial charge in [-0.2, -0.15) is 4.31 Å². The molecule has 2 aromatic rings. The Morgan fingerprint density at radius 2 is 1.68 bits per heavy atom. The fourth-order valence-electron chi connectivity index (χ4n) is 3.65. The zero-order valence-corrected chi connectivity index (χ0v) is 18.3. The van der Waals surface area contributed by atoms with E-state index in [1.165, 1.54) is 0 Å². The number of ether oxygens (including phenoxy) is 2. The van der Waals surface area contributed by atoms with Crippen LogP contribution < -0.4 is 9.47 Å². The first-order valence-electron chi connectivity index (χ1n) is 9.22. The highest BCUT2D eigenvalue weighted by atomic mass is 79.9. The molecule has 2 aliphatic rings. The molecule has 8 heteroatoms. The number of fused-ring (bicyclic) bond motifs is 1. The van der Waals surface area contributed by atoms with Crippen molar-refractivity contribution < 1.29 is 17.9 Å². The highest BCUT2D eigenvalue weighted by Crippen LogP contribution is 2.33. The molecule has 2 aromatic carbocycles. The lowest BCUT2D eigenvalue weighted by atomic mass is 10.2. The molecule has 0 N–H and O–H groups in total. The molecule has 28 heavy (non-hydrogen) atoms. The van der Waals surface area contributed by atoms with E-state index in [-0.39, 0.29) is 6.79 Å². The molecular weight excluding hydrogens is 444 g/mol. The minimum Gasteiger partial charge on any atom is -0.454 e. The van der Waals surface area contributed by atoms with Crippen molar-refractivity contribution in [1.29, 1.82) is 0 Å². The largest absolute Gasteiger partial charge is 0.454 e. The summed E-state index contributed by atoms with van der Waals surface area (Å²) in [6, 6.07) is 9.59. The van der Waals surface area contributed by atoms with Crippen LogP contribution in [0.3, 0.4) is 0 Å². The summed E-state index contributed by atoms with van der Waals surface area (Å²) in [5.41, 5.74) is 2.95. The van der Waals surface area contributed by atoms with Crippen molar-refractivity contribution in [3.05, 3.63) is 51.5 Å². The van der Waals surface area contributed by atoms with E-state index in [1.54, 1.807) is 10.4 Å². The molecule has 4 rings (SSSR count). The number of rotatable bonds is 4. The Labute approximate surface area is 174 Å². The molecule has 0 amide bonds. The van der Waals surface area contributed by atoms with Gasteiger partial charge in [0.25, 0.3) is 0 Å². The number of piperazine rings is 1. The van der Waals surface area contributed by atoms with Gasteiger partial charge in [0.1, 0.15) is 0 Å². The van der Waals surface area contributed by atoms with Crippen LogP contribution in [0.15, 0.2) is 39.7 Å². The Balaban J connectivity index is 1.43. The van der Waals surface area contributed by atoms with Crippen molar-refractivity contribution in [2.24, 2.45) is 0 Å². The van der Waals surface area contributed by atoms with Crippen LogP contribution in [0.1, 0.15) is 16.7 Å². The Hall–Kier alpha value is -1.61. The van der Waals surface area contributed by atoms with Crippen LogP contribution in [0.5, 0.6) is 11.5 Å². The second-order valence-corrected chi connectivity index (χ2v) is 10.00. The quantitative estimate of drug-likeness (QED) is 0.691. The van der Waals surface area contributed by atoms with E-state index in [1.807, 2.05) is 38.1 Å². The molecular formula is C20H23BrN2O4S. The Morgan fingerprint density at radius 1 is 0.964 bits per heavy atom. The molecule has 2 aliphatic heterocycles. The van der Waals surface area contributed by atoms with Gasteiger partial charge in [-0.25, -0.2) is 8.42 Å². The number of benzene rings is 2. The Kier molecular flexibility index (Phi) is 5.39. The van der Waals surface area contributed by atoms with Crippen molar-refractivity contribution in [3.63, 3.8) is 0 Å². The molecule has 150 valence electrons. The fraction of sp³-hybridized carbons (Fsp3) is 0.400. The third-order valence-corrected chi connectivity index (χ3v) is 8.14. The predicted molar refractivity (Wildman–Crippen MR) is 110 cm³/mol. The molecule has 0 unspecified atom stereocenters. The molecule has 0 bridgehead atoms. The molecule has 0 radical (unpaired) electrons. The third kappa shape index (κ3) is 3.78. The van der Waals surface area contributed by atoms with Crippen molar-refractivity contribution >= 4 is 26.0 Å². The second kappa shape index (κ2) is 7.67. The van der Waals surface area contributed by atoms with Crippen molar-refractivity contribution in [2.45, 2.75) is 25.3 Å². The van der Waals surface area contributed by atoms with Gasteiger partial charge in [-0.15, -0.1) is 0 Å². The maximum atomic E-state index is 13.1. The minimum atomic E-state index is -3.50. The summed E-state index contributed by atoms with van der Waals surface area (Å²) in [7, 11) is -3.50. The standard InChI is InChI=1S/C20H23BrN2O4S/c1-14-9-15(2)20(11-17(14)21)28(24,25)23-7-5-22(6-8-23)12-16-3-4-18-19(10-16)27-13-26-18/h3-4,9-11H,5-8,12-13H2,1-2H3. The molecule has 1 fully saturated rings. The van der Waals surface area contributed by atoms with Gasteiger partial charge in [-0.1, -0.05) is 28.1 Å². The van der Waals surface area contributed by atoms with Crippen LogP contribution in [-0.4, -0.2) is 50.6 Å². The summed E-state index contributed by atoms with van der Waals surface area (Å²) in [5, 5.41) is 0. The first-order chi connectivity index (χ1) is 13.3. The van der Waals surface area contributed by atoms with Crippen molar-refractivity contribution in [3.8, 4) is 11.5 Å². The topological polar surface area (TPSA) is 59.1 Å². The molecule has 0 atom stereocenters. The Morgan fingerprint density at radius 3 is 2.43 bits per heavy atom. The third-order valence-electron chi connectivity index (χ3n) is 5.25. The first kappa shape index (κ1) is 19.7. The molecule has 0 spiro atoms. The van der Waals surface area contributed by atoms with Crippen LogP contribution in [0.4, 0.5) is 0 Å². The number of sulfonamides is 1. The maximum absolute atomic E-state index is 13.1. The van der Waals surface area contributed by atoms with Crippen LogP contribution >= 0.6 is 15.9 Å². The van der Waals surface area contributed by atoms with E-state index < -0.39 is 10.0 Å². The highest BCUT2D eigenvalue weighted by Gasteiger charge is 2.30. The van der Waals surface area contributed by atoms with E-state index in [2.05, 4.69) is 20.8 Å². The van der Waals surface area contributed by atoms with Crippen LogP contribution in [-0.2, 0) is 16.6 Å². The number of hydrogen-bond donors (Lipinski definition) is 0. The van der Waals surface area contributed by atoms with Gasteiger partial charge >= 0.3 is 0 Å². The lowest BCUT2D eigenvalue weighted by Gasteiger charge is -2.34. The number of aryl methyl sites for hydroxylation is 2. The molecule has 6 nitrogen and oxygen atoms in total. The smallest absolute Gasteiger partial charge is 0.243 e. The van der Waals surface area contributed by atoms with Gasteiger partial charge in [0.15, 0.2) is 11.5 Å². The van der Waals surface area contributed by atoms with Crippen LogP contribution in [0.2, 0.25) is 0 Å². The molecule has 1 saturated heterocycles. The number of hydrogen-bond acceptors (Lipinski definition) is 5.